The highest BCUT2D eigenvalue weighted by molar-refractivity contribution is 6.36. The molecule has 9 aromatic rings. The Morgan fingerprint density at radius 1 is 0.394 bits per heavy atom. The van der Waals surface area contributed by atoms with Crippen LogP contribution < -0.4 is 0 Å². The van der Waals surface area contributed by atoms with Gasteiger partial charge in [-0.2, -0.15) is 0 Å². The van der Waals surface area contributed by atoms with Gasteiger partial charge in [-0.3, -0.25) is 24.5 Å². The molecule has 3 fully saturated rings. The van der Waals surface area contributed by atoms with Gasteiger partial charge in [-0.15, -0.1) is 10.2 Å². The molecule has 534 valence electrons. The van der Waals surface area contributed by atoms with E-state index in [0.717, 1.165) is 143 Å². The number of ether oxygens (including phenoxy) is 3. The number of carbonyl (C=O) groups is 3. The van der Waals surface area contributed by atoms with Gasteiger partial charge < -0.3 is 28.9 Å². The molecule has 4 aromatic heterocycles. The Labute approximate surface area is 632 Å². The van der Waals surface area contributed by atoms with Gasteiger partial charge in [-0.1, -0.05) is 129 Å². The molecule has 0 bridgehead atoms. The first-order chi connectivity index (χ1) is 50.7. The van der Waals surface area contributed by atoms with Gasteiger partial charge in [0.1, 0.15) is 12.4 Å². The summed E-state index contributed by atoms with van der Waals surface area (Å²) < 4.78 is 17.5. The fourth-order valence-electron chi connectivity index (χ4n) is 15.0. The third kappa shape index (κ3) is 16.4. The molecule has 0 unspecified atom stereocenters. The number of rotatable bonds is 4. The van der Waals surface area contributed by atoms with Crippen molar-refractivity contribution in [3.8, 4) is 5.69 Å². The summed E-state index contributed by atoms with van der Waals surface area (Å²) >= 11 is 31.4. The molecule has 3 amide bonds. The molecule has 3 aliphatic carbocycles. The second-order valence-corrected chi connectivity index (χ2v) is 28.4. The molecule has 0 atom stereocenters. The average molecular weight is 1490 g/mol. The Bertz CT molecular complexity index is 4490. The summed E-state index contributed by atoms with van der Waals surface area (Å²) in [5, 5.41) is 12.0. The lowest BCUT2D eigenvalue weighted by Gasteiger charge is -2.29. The molecule has 7 aliphatic rings. The molecule has 3 saturated heterocycles. The van der Waals surface area contributed by atoms with Crippen molar-refractivity contribution in [2.24, 2.45) is 4.99 Å². The summed E-state index contributed by atoms with van der Waals surface area (Å²) in [4.78, 5) is 60.5. The van der Waals surface area contributed by atoms with Crippen molar-refractivity contribution in [3.05, 3.63) is 284 Å². The normalized spacial score (nSPS) is 15.7. The zero-order valence-electron chi connectivity index (χ0n) is 58.8. The molecule has 0 radical (unpaired) electrons. The molecular formula is C83H81Cl5N10O6. The molecule has 0 N–H and O–H groups in total. The summed E-state index contributed by atoms with van der Waals surface area (Å²) in [6.07, 6.45) is 15.8. The fourth-order valence-corrected chi connectivity index (χ4v) is 16.0. The minimum Gasteiger partial charge on any atom is -0.450 e. The molecule has 16 nitrogen and oxygen atoms in total. The lowest BCUT2D eigenvalue weighted by atomic mass is 9.88. The number of benzene rings is 5. The van der Waals surface area contributed by atoms with Crippen LogP contribution >= 0.6 is 58.0 Å². The zero-order valence-corrected chi connectivity index (χ0v) is 62.6. The first-order valence-corrected chi connectivity index (χ1v) is 37.7. The summed E-state index contributed by atoms with van der Waals surface area (Å²) in [6.45, 7) is 13.2. The van der Waals surface area contributed by atoms with E-state index in [9.17, 15) is 14.4 Å². The summed E-state index contributed by atoms with van der Waals surface area (Å²) in [5.41, 5.74) is 26.0. The maximum absolute atomic E-state index is 12.0. The van der Waals surface area contributed by atoms with Crippen LogP contribution in [0.15, 0.2) is 174 Å². The number of likely N-dealkylation sites (tertiary alicyclic amines) is 3. The van der Waals surface area contributed by atoms with Crippen molar-refractivity contribution in [1.29, 1.82) is 0 Å². The monoisotopic (exact) mass is 1490 g/mol. The average Bonchev–Trinajstić information content (AvgIpc) is 1.58. The Hall–Kier alpha value is -9.16. The van der Waals surface area contributed by atoms with Gasteiger partial charge in [-0.05, 0) is 234 Å². The Kier molecular flexibility index (Phi) is 23.7. The second kappa shape index (κ2) is 33.7. The maximum atomic E-state index is 12.0. The van der Waals surface area contributed by atoms with Crippen molar-refractivity contribution < 1.29 is 28.6 Å². The Morgan fingerprint density at radius 2 is 0.760 bits per heavy atom. The first-order valence-electron chi connectivity index (χ1n) is 35.8. The number of carbonyl (C=O) groups excluding carboxylic acids is 3. The van der Waals surface area contributed by atoms with Crippen LogP contribution in [0.3, 0.4) is 0 Å². The predicted octanol–water partition coefficient (Wildman–Crippen LogP) is 18.9. The number of fused-ring (bicyclic) bond motifs is 9. The van der Waals surface area contributed by atoms with Crippen LogP contribution in [-0.4, -0.2) is 127 Å². The highest BCUT2D eigenvalue weighted by atomic mass is 35.5. The largest absolute Gasteiger partial charge is 0.450 e. The standard InChI is InChI=1S/3C22H23ClN2O2.C17H12Cl2N4/c3*1-2-27-22(26)25-12-9-15(10-13-25)20-19-8-7-18(23)14-17(19)6-5-16-4-3-11-24-21(16)20;1-10-21-22-16-9-20-17(12-4-2-3-5-14(12)19)13-8-11(18)6-7-15(13)23(10)16/h3*3-4,7-8,11,14H,2,5-6,9-10,12-13H2,1H3;2-8H,9H2,1H3. The number of aliphatic imine (C=N–C) groups is 1. The Morgan fingerprint density at radius 3 is 1.14 bits per heavy atom. The van der Waals surface area contributed by atoms with Crippen molar-refractivity contribution in [2.45, 2.75) is 111 Å². The third-order valence-corrected chi connectivity index (χ3v) is 21.2. The molecule has 16 rings (SSSR count). The molecule has 104 heavy (non-hydrogen) atoms. The molecule has 0 saturated carbocycles. The van der Waals surface area contributed by atoms with Crippen molar-refractivity contribution in [2.75, 3.05) is 59.1 Å². The van der Waals surface area contributed by atoms with E-state index in [4.69, 9.17) is 92.2 Å². The van der Waals surface area contributed by atoms with Crippen molar-refractivity contribution >= 4 is 98.7 Å². The number of aryl methyl sites for hydroxylation is 7. The molecule has 4 aliphatic heterocycles. The van der Waals surface area contributed by atoms with Gasteiger partial charge in [0, 0.05) is 111 Å². The number of nitrogens with zero attached hydrogens (tertiary/aromatic N) is 10. The maximum Gasteiger partial charge on any atom is 0.409 e. The zero-order chi connectivity index (χ0) is 72.4. The summed E-state index contributed by atoms with van der Waals surface area (Å²) in [6, 6.07) is 44.5. The molecule has 5 aromatic carbocycles. The lowest BCUT2D eigenvalue weighted by Crippen LogP contribution is -2.37. The summed E-state index contributed by atoms with van der Waals surface area (Å²) in [5.74, 6) is 1.62. The van der Waals surface area contributed by atoms with E-state index in [2.05, 4.69) is 64.8 Å². The van der Waals surface area contributed by atoms with E-state index in [1.54, 1.807) is 14.7 Å². The van der Waals surface area contributed by atoms with Crippen LogP contribution in [0.5, 0.6) is 0 Å². The van der Waals surface area contributed by atoms with Gasteiger partial charge in [0.25, 0.3) is 0 Å². The minimum absolute atomic E-state index is 0.215. The minimum atomic E-state index is -0.215. The van der Waals surface area contributed by atoms with Crippen LogP contribution in [0.1, 0.15) is 149 Å². The van der Waals surface area contributed by atoms with E-state index in [1.165, 1.54) is 83.5 Å². The topological polar surface area (TPSA) is 170 Å². The van der Waals surface area contributed by atoms with Crippen molar-refractivity contribution in [1.82, 2.24) is 44.4 Å². The van der Waals surface area contributed by atoms with Gasteiger partial charge >= 0.3 is 18.3 Å². The fraction of sp³-hybridized carbons (Fsp3) is 0.313. The van der Waals surface area contributed by atoms with Gasteiger partial charge in [0.15, 0.2) is 5.82 Å². The van der Waals surface area contributed by atoms with Crippen LogP contribution in [0.4, 0.5) is 14.4 Å². The molecule has 21 heteroatoms. The van der Waals surface area contributed by atoms with E-state index in [1.807, 2.05) is 130 Å². The predicted molar refractivity (Wildman–Crippen MR) is 413 cm³/mol. The van der Waals surface area contributed by atoms with E-state index in [-0.39, 0.29) is 18.3 Å². The number of hydrogen-bond acceptors (Lipinski definition) is 12. The quantitative estimate of drug-likeness (QED) is 0.154. The smallest absolute Gasteiger partial charge is 0.409 e. The van der Waals surface area contributed by atoms with Crippen molar-refractivity contribution in [3.63, 3.8) is 0 Å². The van der Waals surface area contributed by atoms with E-state index < -0.39 is 0 Å². The molecule has 8 heterocycles. The van der Waals surface area contributed by atoms with E-state index >= 15 is 0 Å². The third-order valence-electron chi connectivity index (χ3n) is 20.0. The number of halogens is 5. The first kappa shape index (κ1) is 73.2. The SMILES string of the molecule is CCOC(=O)N1CCC(=C2c3ccc(Cl)cc3CCc3cccnc32)CC1.CCOC(=O)N1CCC(=C2c3ccc(Cl)cc3CCc3cccnc32)CC1.CCOC(=O)N1CCC(=C2c3ccc(Cl)cc3CCc3cccnc32)CC1.Cc1nnc2n1-c1ccc(Cl)cc1C(c1ccccc1Cl)=NC2. The summed E-state index contributed by atoms with van der Waals surface area (Å²) in [7, 11) is 0. The van der Waals surface area contributed by atoms with Crippen LogP contribution in [0.2, 0.25) is 25.1 Å². The van der Waals surface area contributed by atoms with Gasteiger partial charge in [-0.25, -0.2) is 14.4 Å². The highest BCUT2D eigenvalue weighted by Crippen LogP contribution is 2.43. The number of aromatic nitrogens is 6. The van der Waals surface area contributed by atoms with Crippen LogP contribution in [0, 0.1) is 6.92 Å². The molecule has 0 spiro atoms. The Balaban J connectivity index is 0.000000123. The number of pyridine rings is 3. The van der Waals surface area contributed by atoms with Gasteiger partial charge in [0.2, 0.25) is 0 Å². The van der Waals surface area contributed by atoms with Gasteiger partial charge in [0.05, 0.1) is 48.3 Å². The highest BCUT2D eigenvalue weighted by Gasteiger charge is 2.32. The number of hydrogen-bond donors (Lipinski definition) is 0. The van der Waals surface area contributed by atoms with Crippen LogP contribution in [-0.2, 0) is 59.3 Å². The second-order valence-electron chi connectivity index (χ2n) is 26.2. The lowest BCUT2D eigenvalue weighted by molar-refractivity contribution is 0.103. The molecular weight excluding hydrogens is 1410 g/mol. The van der Waals surface area contributed by atoms with E-state index in [0.29, 0.717) is 75.7 Å². The van der Waals surface area contributed by atoms with Crippen LogP contribution in [0.25, 0.3) is 22.4 Å². The number of amides is 3. The number of piperidine rings is 3.